The van der Waals surface area contributed by atoms with Crippen LogP contribution in [-0.2, 0) is 4.74 Å². The summed E-state index contributed by atoms with van der Waals surface area (Å²) in [5.41, 5.74) is 6.16. The van der Waals surface area contributed by atoms with Gasteiger partial charge in [0.25, 0.3) is 0 Å². The molecular weight excluding hydrogens is 268 g/mol. The van der Waals surface area contributed by atoms with E-state index in [9.17, 15) is 0 Å². The molecule has 1 heterocycles. The average molecular weight is 290 g/mol. The molecule has 1 atom stereocenters. The van der Waals surface area contributed by atoms with Gasteiger partial charge in [0, 0.05) is 24.1 Å². The van der Waals surface area contributed by atoms with Crippen molar-refractivity contribution < 1.29 is 4.74 Å². The monoisotopic (exact) mass is 290 g/mol. The fraction of sp³-hybridized carbons (Fsp3) is 0.438. The van der Waals surface area contributed by atoms with Crippen molar-refractivity contribution in [2.24, 2.45) is 0 Å². The molecule has 20 heavy (non-hydrogen) atoms. The zero-order valence-electron chi connectivity index (χ0n) is 12.8. The molecular formula is C16H22N2OS. The zero-order chi connectivity index (χ0) is 14.7. The van der Waals surface area contributed by atoms with Crippen LogP contribution in [0.4, 0.5) is 5.13 Å². The Morgan fingerprint density at radius 2 is 1.90 bits per heavy atom. The van der Waals surface area contributed by atoms with Gasteiger partial charge in [-0.2, -0.15) is 0 Å². The number of nitrogens with zero attached hydrogens (tertiary/aromatic N) is 1. The van der Waals surface area contributed by atoms with Crippen molar-refractivity contribution in [3.8, 4) is 11.3 Å². The molecule has 108 valence electrons. The third-order valence-corrected chi connectivity index (χ3v) is 4.00. The summed E-state index contributed by atoms with van der Waals surface area (Å²) in [5.74, 6) is 0. The van der Waals surface area contributed by atoms with Crippen molar-refractivity contribution >= 4 is 16.5 Å². The van der Waals surface area contributed by atoms with E-state index >= 15 is 0 Å². The van der Waals surface area contributed by atoms with E-state index < -0.39 is 0 Å². The summed E-state index contributed by atoms with van der Waals surface area (Å²) in [6.45, 7) is 9.19. The molecule has 2 rings (SSSR count). The first-order valence-corrected chi connectivity index (χ1v) is 7.68. The van der Waals surface area contributed by atoms with Gasteiger partial charge in [0.1, 0.15) is 0 Å². The third kappa shape index (κ3) is 3.38. The highest BCUT2D eigenvalue weighted by Crippen LogP contribution is 2.31. The number of nitrogens with one attached hydrogen (secondary N) is 1. The second-order valence-electron chi connectivity index (χ2n) is 5.31. The molecule has 0 aliphatic carbocycles. The number of hydrogen-bond donors (Lipinski definition) is 1. The molecule has 0 aliphatic rings. The maximum Gasteiger partial charge on any atom is 0.183 e. The smallest absolute Gasteiger partial charge is 0.183 e. The minimum atomic E-state index is 0.263. The number of anilines is 1. The van der Waals surface area contributed by atoms with E-state index in [0.717, 1.165) is 10.8 Å². The van der Waals surface area contributed by atoms with Gasteiger partial charge in [-0.25, -0.2) is 4.98 Å². The number of aryl methyl sites for hydroxylation is 3. The van der Waals surface area contributed by atoms with E-state index in [1.54, 1.807) is 18.4 Å². The predicted octanol–water partition coefficient (Wildman–Crippen LogP) is 4.18. The highest BCUT2D eigenvalue weighted by molar-refractivity contribution is 7.14. The Hall–Kier alpha value is -1.39. The second kappa shape index (κ2) is 6.37. The molecule has 4 heteroatoms. The Kier molecular flexibility index (Phi) is 4.78. The Morgan fingerprint density at radius 1 is 1.25 bits per heavy atom. The van der Waals surface area contributed by atoms with Gasteiger partial charge in [-0.3, -0.25) is 0 Å². The second-order valence-corrected chi connectivity index (χ2v) is 6.17. The molecule has 0 bridgehead atoms. The van der Waals surface area contributed by atoms with E-state index in [0.29, 0.717) is 6.61 Å². The van der Waals surface area contributed by atoms with Crippen LogP contribution in [-0.4, -0.2) is 24.7 Å². The Labute approximate surface area is 125 Å². The van der Waals surface area contributed by atoms with Crippen molar-refractivity contribution in [3.63, 3.8) is 0 Å². The van der Waals surface area contributed by atoms with E-state index in [2.05, 4.69) is 50.5 Å². The summed E-state index contributed by atoms with van der Waals surface area (Å²) < 4.78 is 5.13. The fourth-order valence-electron chi connectivity index (χ4n) is 2.54. The summed E-state index contributed by atoms with van der Waals surface area (Å²) in [7, 11) is 1.71. The van der Waals surface area contributed by atoms with Crippen LogP contribution in [0.2, 0.25) is 0 Å². The fourth-order valence-corrected chi connectivity index (χ4v) is 3.36. The standard InChI is InChI=1S/C16H22N2OS/c1-10-6-11(2)15(12(3)7-10)14-9-20-16(18-14)17-13(4)8-19-5/h6-7,9,13H,8H2,1-5H3,(H,17,18)/t13-/m0/s1. The molecule has 0 spiro atoms. The van der Waals surface area contributed by atoms with E-state index in [-0.39, 0.29) is 6.04 Å². The van der Waals surface area contributed by atoms with Crippen LogP contribution in [0.3, 0.4) is 0 Å². The van der Waals surface area contributed by atoms with Gasteiger partial charge in [-0.1, -0.05) is 17.7 Å². The summed E-state index contributed by atoms with van der Waals surface area (Å²) >= 11 is 1.64. The lowest BCUT2D eigenvalue weighted by Crippen LogP contribution is -2.20. The first-order valence-electron chi connectivity index (χ1n) is 6.80. The lowest BCUT2D eigenvalue weighted by atomic mass is 9.98. The zero-order valence-corrected chi connectivity index (χ0v) is 13.6. The molecule has 0 aliphatic heterocycles. The van der Waals surface area contributed by atoms with Crippen LogP contribution in [0.25, 0.3) is 11.3 Å². The molecule has 0 radical (unpaired) electrons. The normalized spacial score (nSPS) is 12.4. The van der Waals surface area contributed by atoms with E-state index in [1.165, 1.54) is 22.3 Å². The summed E-state index contributed by atoms with van der Waals surface area (Å²) in [4.78, 5) is 4.71. The molecule has 0 amide bonds. The topological polar surface area (TPSA) is 34.1 Å². The number of aromatic nitrogens is 1. The molecule has 1 aromatic carbocycles. The van der Waals surface area contributed by atoms with Crippen LogP contribution >= 0.6 is 11.3 Å². The van der Waals surface area contributed by atoms with Crippen LogP contribution in [0.15, 0.2) is 17.5 Å². The minimum Gasteiger partial charge on any atom is -0.383 e. The van der Waals surface area contributed by atoms with Crippen LogP contribution in [0, 0.1) is 20.8 Å². The van der Waals surface area contributed by atoms with Crippen molar-refractivity contribution in [3.05, 3.63) is 34.2 Å². The molecule has 0 unspecified atom stereocenters. The molecule has 2 aromatic rings. The van der Waals surface area contributed by atoms with Crippen molar-refractivity contribution in [1.29, 1.82) is 0 Å². The number of rotatable bonds is 5. The number of methoxy groups -OCH3 is 1. The van der Waals surface area contributed by atoms with Crippen LogP contribution in [0.1, 0.15) is 23.6 Å². The summed E-state index contributed by atoms with van der Waals surface area (Å²) in [6.07, 6.45) is 0. The first kappa shape index (κ1) is 15.0. The van der Waals surface area contributed by atoms with Crippen LogP contribution in [0.5, 0.6) is 0 Å². The number of hydrogen-bond acceptors (Lipinski definition) is 4. The van der Waals surface area contributed by atoms with Gasteiger partial charge in [0.2, 0.25) is 0 Å². The maximum absolute atomic E-state index is 5.13. The highest BCUT2D eigenvalue weighted by Gasteiger charge is 2.11. The number of ether oxygens (including phenoxy) is 1. The van der Waals surface area contributed by atoms with Crippen molar-refractivity contribution in [2.75, 3.05) is 19.0 Å². The lowest BCUT2D eigenvalue weighted by molar-refractivity contribution is 0.190. The third-order valence-electron chi connectivity index (χ3n) is 3.22. The van der Waals surface area contributed by atoms with Gasteiger partial charge in [-0.15, -0.1) is 11.3 Å². The van der Waals surface area contributed by atoms with Gasteiger partial charge < -0.3 is 10.1 Å². The number of benzene rings is 1. The number of thiazole rings is 1. The van der Waals surface area contributed by atoms with E-state index in [1.807, 2.05) is 0 Å². The minimum absolute atomic E-state index is 0.263. The van der Waals surface area contributed by atoms with E-state index in [4.69, 9.17) is 9.72 Å². The summed E-state index contributed by atoms with van der Waals surface area (Å²) in [5, 5.41) is 6.43. The molecule has 1 N–H and O–H groups in total. The Balaban J connectivity index is 2.25. The Morgan fingerprint density at radius 3 is 2.50 bits per heavy atom. The quantitative estimate of drug-likeness (QED) is 0.897. The van der Waals surface area contributed by atoms with Gasteiger partial charge in [0.05, 0.1) is 12.3 Å². The Bertz CT molecular complexity index is 569. The highest BCUT2D eigenvalue weighted by atomic mass is 32.1. The van der Waals surface area contributed by atoms with Gasteiger partial charge in [0.15, 0.2) is 5.13 Å². The molecule has 0 fully saturated rings. The lowest BCUT2D eigenvalue weighted by Gasteiger charge is -2.11. The first-order chi connectivity index (χ1) is 9.51. The molecule has 0 saturated carbocycles. The van der Waals surface area contributed by atoms with Gasteiger partial charge in [-0.05, 0) is 38.8 Å². The molecule has 3 nitrogen and oxygen atoms in total. The van der Waals surface area contributed by atoms with Crippen molar-refractivity contribution in [1.82, 2.24) is 4.98 Å². The average Bonchev–Trinajstić information content (AvgIpc) is 2.76. The van der Waals surface area contributed by atoms with Crippen LogP contribution < -0.4 is 5.32 Å². The molecule has 0 saturated heterocycles. The maximum atomic E-state index is 5.13. The molecule has 1 aromatic heterocycles. The summed E-state index contributed by atoms with van der Waals surface area (Å²) in [6, 6.07) is 4.68. The van der Waals surface area contributed by atoms with Gasteiger partial charge >= 0.3 is 0 Å². The predicted molar refractivity (Wildman–Crippen MR) is 86.7 cm³/mol. The largest absolute Gasteiger partial charge is 0.383 e. The van der Waals surface area contributed by atoms with Crippen molar-refractivity contribution in [2.45, 2.75) is 33.7 Å². The SMILES string of the molecule is COC[C@H](C)Nc1nc(-c2c(C)cc(C)cc2C)cs1.